The molecule has 0 aliphatic carbocycles. The molecule has 2 N–H and O–H groups in total. The van der Waals surface area contributed by atoms with E-state index in [4.69, 9.17) is 10.5 Å². The molecule has 0 aliphatic rings. The summed E-state index contributed by atoms with van der Waals surface area (Å²) in [6.45, 7) is 13.7. The van der Waals surface area contributed by atoms with Gasteiger partial charge in [-0.15, -0.1) is 10.2 Å². The lowest BCUT2D eigenvalue weighted by molar-refractivity contribution is 0.295. The van der Waals surface area contributed by atoms with Crippen molar-refractivity contribution >= 4 is 16.5 Å². The van der Waals surface area contributed by atoms with E-state index in [2.05, 4.69) is 69.9 Å². The second-order valence-corrected chi connectivity index (χ2v) is 8.63. The lowest BCUT2D eigenvalue weighted by Gasteiger charge is -2.27. The van der Waals surface area contributed by atoms with Gasteiger partial charge in [0.2, 0.25) is 5.13 Å². The zero-order valence-electron chi connectivity index (χ0n) is 14.2. The number of nitrogens with two attached hydrogens (primary N) is 1. The van der Waals surface area contributed by atoms with Gasteiger partial charge in [-0.1, -0.05) is 65.0 Å². The summed E-state index contributed by atoms with van der Waals surface area (Å²) >= 11 is 1.36. The van der Waals surface area contributed by atoms with Crippen LogP contribution >= 0.6 is 11.3 Å². The summed E-state index contributed by atoms with van der Waals surface area (Å²) in [5, 5.41) is 9.07. The van der Waals surface area contributed by atoms with Crippen LogP contribution in [0.3, 0.4) is 0 Å². The summed E-state index contributed by atoms with van der Waals surface area (Å²) in [5.41, 5.74) is 8.25. The Morgan fingerprint density at radius 2 is 1.73 bits per heavy atom. The van der Waals surface area contributed by atoms with Crippen LogP contribution in [0.25, 0.3) is 0 Å². The SMILES string of the molecule is CC(C)(C)c1ccc(OCc2nnc(N)s2)c(C(C)(C)C)c1. The van der Waals surface area contributed by atoms with Crippen molar-refractivity contribution in [2.45, 2.75) is 59.0 Å². The summed E-state index contributed by atoms with van der Waals surface area (Å²) in [7, 11) is 0. The first-order valence-electron chi connectivity index (χ1n) is 7.43. The molecule has 1 aromatic carbocycles. The van der Waals surface area contributed by atoms with Crippen LogP contribution in [0.1, 0.15) is 57.7 Å². The van der Waals surface area contributed by atoms with Gasteiger partial charge in [-0.05, 0) is 28.0 Å². The highest BCUT2D eigenvalue weighted by Crippen LogP contribution is 2.35. The molecule has 0 fully saturated rings. The molecule has 0 saturated heterocycles. The third-order valence-corrected chi connectivity index (χ3v) is 4.21. The number of ether oxygens (including phenoxy) is 1. The molecule has 1 heterocycles. The Morgan fingerprint density at radius 1 is 1.05 bits per heavy atom. The molecule has 2 aromatic rings. The molecule has 0 radical (unpaired) electrons. The van der Waals surface area contributed by atoms with Crippen LogP contribution < -0.4 is 10.5 Å². The Labute approximate surface area is 136 Å². The van der Waals surface area contributed by atoms with Gasteiger partial charge in [0.15, 0.2) is 5.01 Å². The van der Waals surface area contributed by atoms with Gasteiger partial charge in [-0.25, -0.2) is 0 Å². The number of hydrogen-bond acceptors (Lipinski definition) is 5. The highest BCUT2D eigenvalue weighted by molar-refractivity contribution is 7.15. The highest BCUT2D eigenvalue weighted by Gasteiger charge is 2.23. The van der Waals surface area contributed by atoms with Gasteiger partial charge in [-0.2, -0.15) is 0 Å². The molecular formula is C17H25N3OS. The van der Waals surface area contributed by atoms with E-state index in [9.17, 15) is 0 Å². The fourth-order valence-electron chi connectivity index (χ4n) is 2.17. The minimum atomic E-state index is 0.0107. The molecule has 0 spiro atoms. The molecule has 0 bridgehead atoms. The standard InChI is InChI=1S/C17H25N3OS/c1-16(2,3)11-7-8-13(12(9-11)17(4,5)6)21-10-14-19-20-15(18)22-14/h7-9H,10H2,1-6H3,(H2,18,20). The Bertz CT molecular complexity index is 651. The maximum absolute atomic E-state index is 5.98. The van der Waals surface area contributed by atoms with Crippen molar-refractivity contribution in [1.82, 2.24) is 10.2 Å². The molecule has 22 heavy (non-hydrogen) atoms. The van der Waals surface area contributed by atoms with Crippen molar-refractivity contribution < 1.29 is 4.74 Å². The van der Waals surface area contributed by atoms with Crippen LogP contribution in [0.4, 0.5) is 5.13 Å². The first-order chi connectivity index (χ1) is 10.1. The first-order valence-corrected chi connectivity index (χ1v) is 8.25. The Morgan fingerprint density at radius 3 is 2.23 bits per heavy atom. The van der Waals surface area contributed by atoms with Crippen LogP contribution in [0.15, 0.2) is 18.2 Å². The van der Waals surface area contributed by atoms with E-state index >= 15 is 0 Å². The quantitative estimate of drug-likeness (QED) is 0.916. The van der Waals surface area contributed by atoms with Crippen LogP contribution in [0.2, 0.25) is 0 Å². The van der Waals surface area contributed by atoms with E-state index in [1.807, 2.05) is 0 Å². The van der Waals surface area contributed by atoms with E-state index in [-0.39, 0.29) is 10.8 Å². The van der Waals surface area contributed by atoms with Crippen molar-refractivity contribution in [3.05, 3.63) is 34.3 Å². The Hall–Kier alpha value is -1.62. The predicted octanol–water partition coefficient (Wildman–Crippen LogP) is 4.29. The average molecular weight is 319 g/mol. The van der Waals surface area contributed by atoms with Gasteiger partial charge in [0, 0.05) is 0 Å². The molecule has 0 amide bonds. The van der Waals surface area contributed by atoms with Crippen molar-refractivity contribution in [2.24, 2.45) is 0 Å². The topological polar surface area (TPSA) is 61.0 Å². The fourth-order valence-corrected chi connectivity index (χ4v) is 2.70. The molecule has 0 atom stereocenters. The smallest absolute Gasteiger partial charge is 0.203 e. The van der Waals surface area contributed by atoms with E-state index in [1.54, 1.807) is 0 Å². The molecule has 1 aromatic heterocycles. The van der Waals surface area contributed by atoms with Gasteiger partial charge in [0.25, 0.3) is 0 Å². The fraction of sp³-hybridized carbons (Fsp3) is 0.529. The summed E-state index contributed by atoms with van der Waals surface area (Å²) in [5.74, 6) is 0.897. The second-order valence-electron chi connectivity index (χ2n) is 7.53. The zero-order chi connectivity index (χ0) is 16.5. The van der Waals surface area contributed by atoms with Crippen LogP contribution in [-0.2, 0) is 17.4 Å². The number of benzene rings is 1. The highest BCUT2D eigenvalue weighted by atomic mass is 32.1. The van der Waals surface area contributed by atoms with Crippen molar-refractivity contribution in [1.29, 1.82) is 0 Å². The first kappa shape index (κ1) is 16.7. The molecule has 0 unspecified atom stereocenters. The second kappa shape index (κ2) is 5.88. The Balaban J connectivity index is 2.30. The molecular weight excluding hydrogens is 294 g/mol. The number of hydrogen-bond donors (Lipinski definition) is 1. The summed E-state index contributed by atoms with van der Waals surface area (Å²) < 4.78 is 5.98. The maximum atomic E-state index is 5.98. The third kappa shape index (κ3) is 3.97. The van der Waals surface area contributed by atoms with E-state index in [1.165, 1.54) is 22.5 Å². The third-order valence-electron chi connectivity index (χ3n) is 3.49. The molecule has 0 aliphatic heterocycles. The number of nitrogen functional groups attached to an aromatic ring is 1. The number of anilines is 1. The summed E-state index contributed by atoms with van der Waals surface area (Å²) in [4.78, 5) is 0. The zero-order valence-corrected chi connectivity index (χ0v) is 15.0. The maximum Gasteiger partial charge on any atom is 0.203 e. The van der Waals surface area contributed by atoms with Gasteiger partial charge >= 0.3 is 0 Å². The molecule has 120 valence electrons. The van der Waals surface area contributed by atoms with Gasteiger partial charge in [0.05, 0.1) is 0 Å². The van der Waals surface area contributed by atoms with E-state index in [0.717, 1.165) is 10.8 Å². The van der Waals surface area contributed by atoms with Crippen molar-refractivity contribution in [3.63, 3.8) is 0 Å². The molecule has 2 rings (SSSR count). The van der Waals surface area contributed by atoms with Gasteiger partial charge in [0.1, 0.15) is 12.4 Å². The summed E-state index contributed by atoms with van der Waals surface area (Å²) in [6, 6.07) is 6.45. The molecule has 5 heteroatoms. The van der Waals surface area contributed by atoms with Crippen LogP contribution in [-0.4, -0.2) is 10.2 Å². The molecule has 4 nitrogen and oxygen atoms in total. The minimum Gasteiger partial charge on any atom is -0.486 e. The van der Waals surface area contributed by atoms with Crippen LogP contribution in [0.5, 0.6) is 5.75 Å². The van der Waals surface area contributed by atoms with Crippen LogP contribution in [0, 0.1) is 0 Å². The molecule has 0 saturated carbocycles. The van der Waals surface area contributed by atoms with E-state index < -0.39 is 0 Å². The summed E-state index contributed by atoms with van der Waals surface area (Å²) in [6.07, 6.45) is 0. The monoisotopic (exact) mass is 319 g/mol. The van der Waals surface area contributed by atoms with E-state index in [0.29, 0.717) is 11.7 Å². The number of nitrogens with zero attached hydrogens (tertiary/aromatic N) is 2. The van der Waals surface area contributed by atoms with Crippen molar-refractivity contribution in [3.8, 4) is 5.75 Å². The van der Waals surface area contributed by atoms with Gasteiger partial charge < -0.3 is 10.5 Å². The number of rotatable bonds is 3. The average Bonchev–Trinajstić information content (AvgIpc) is 2.80. The lowest BCUT2D eigenvalue weighted by Crippen LogP contribution is -2.17. The number of aromatic nitrogens is 2. The van der Waals surface area contributed by atoms with Gasteiger partial charge in [-0.3, -0.25) is 0 Å². The van der Waals surface area contributed by atoms with Crippen molar-refractivity contribution in [2.75, 3.05) is 5.73 Å². The lowest BCUT2D eigenvalue weighted by atomic mass is 9.80. The largest absolute Gasteiger partial charge is 0.486 e. The normalized spacial score (nSPS) is 12.5. The minimum absolute atomic E-state index is 0.0107. The predicted molar refractivity (Wildman–Crippen MR) is 92.5 cm³/mol. The Kier molecular flexibility index (Phi) is 4.47.